The number of halogens is 2. The third-order valence-electron chi connectivity index (χ3n) is 3.51. The molecule has 1 heterocycles. The molecule has 0 atom stereocenters. The summed E-state index contributed by atoms with van der Waals surface area (Å²) in [5, 5.41) is 0. The molecule has 0 bridgehead atoms. The maximum atomic E-state index is 13.7. The fourth-order valence-electron chi connectivity index (χ4n) is 2.28. The number of benzene rings is 2. The van der Waals surface area contributed by atoms with Gasteiger partial charge in [-0.15, -0.1) is 0 Å². The highest BCUT2D eigenvalue weighted by Crippen LogP contribution is 2.20. The molecule has 0 aliphatic rings. The van der Waals surface area contributed by atoms with Gasteiger partial charge in [-0.05, 0) is 48.0 Å². The molecule has 0 spiro atoms. The first-order chi connectivity index (χ1) is 11.1. The highest BCUT2D eigenvalue weighted by atomic mass is 19.1. The lowest BCUT2D eigenvalue weighted by Gasteiger charge is -2.05. The normalized spacial score (nSPS) is 10.5. The Morgan fingerprint density at radius 3 is 2.30 bits per heavy atom. The van der Waals surface area contributed by atoms with Crippen LogP contribution in [0.3, 0.4) is 0 Å². The van der Waals surface area contributed by atoms with Crippen molar-refractivity contribution in [2.75, 3.05) is 0 Å². The van der Waals surface area contributed by atoms with Gasteiger partial charge < -0.3 is 0 Å². The lowest BCUT2D eigenvalue weighted by Crippen LogP contribution is -2.04. The Morgan fingerprint density at radius 2 is 1.65 bits per heavy atom. The number of pyridine rings is 1. The monoisotopic (exact) mass is 309 g/mol. The van der Waals surface area contributed by atoms with Gasteiger partial charge in [-0.2, -0.15) is 0 Å². The lowest BCUT2D eigenvalue weighted by atomic mass is 10.0. The smallest absolute Gasteiger partial charge is 0.167 e. The fourth-order valence-corrected chi connectivity index (χ4v) is 2.28. The summed E-state index contributed by atoms with van der Waals surface area (Å²) in [4.78, 5) is 16.3. The first-order valence-corrected chi connectivity index (χ1v) is 7.12. The maximum absolute atomic E-state index is 13.7. The number of nitrogens with zero attached hydrogens (tertiary/aromatic N) is 1. The Bertz CT molecular complexity index is 827. The van der Waals surface area contributed by atoms with Crippen molar-refractivity contribution in [3.05, 3.63) is 89.6 Å². The van der Waals surface area contributed by atoms with E-state index in [0.717, 1.165) is 5.56 Å². The van der Waals surface area contributed by atoms with Crippen molar-refractivity contribution < 1.29 is 13.6 Å². The summed E-state index contributed by atoms with van der Waals surface area (Å²) in [5.41, 5.74) is 2.11. The number of Topliss-reactive ketones (excluding diaryl/α,β-unsaturated/α-hetero) is 1. The van der Waals surface area contributed by atoms with Crippen molar-refractivity contribution in [3.63, 3.8) is 0 Å². The molecule has 0 unspecified atom stereocenters. The summed E-state index contributed by atoms with van der Waals surface area (Å²) in [6.07, 6.45) is 1.72. The highest BCUT2D eigenvalue weighted by molar-refractivity contribution is 5.97. The summed E-state index contributed by atoms with van der Waals surface area (Å²) < 4.78 is 26.6. The van der Waals surface area contributed by atoms with E-state index < -0.39 is 0 Å². The third kappa shape index (κ3) is 3.48. The molecule has 4 heteroatoms. The Morgan fingerprint density at radius 1 is 0.913 bits per heavy atom. The van der Waals surface area contributed by atoms with Crippen molar-refractivity contribution in [2.24, 2.45) is 0 Å². The Balaban J connectivity index is 1.76. The number of rotatable bonds is 4. The molecule has 0 saturated carbocycles. The van der Waals surface area contributed by atoms with E-state index in [2.05, 4.69) is 4.98 Å². The number of carbonyl (C=O) groups is 1. The van der Waals surface area contributed by atoms with Crippen molar-refractivity contribution in [1.82, 2.24) is 4.98 Å². The van der Waals surface area contributed by atoms with Crippen LogP contribution in [0.15, 0.2) is 66.9 Å². The van der Waals surface area contributed by atoms with Gasteiger partial charge in [0.1, 0.15) is 11.6 Å². The molecular formula is C19H13F2NO. The van der Waals surface area contributed by atoms with E-state index >= 15 is 0 Å². The van der Waals surface area contributed by atoms with Crippen LogP contribution in [0.4, 0.5) is 8.78 Å². The van der Waals surface area contributed by atoms with Gasteiger partial charge in [-0.1, -0.05) is 18.2 Å². The second-order valence-electron chi connectivity index (χ2n) is 5.14. The van der Waals surface area contributed by atoms with Crippen LogP contribution < -0.4 is 0 Å². The molecule has 114 valence electrons. The first kappa shape index (κ1) is 15.0. The van der Waals surface area contributed by atoms with E-state index in [4.69, 9.17) is 0 Å². The maximum Gasteiger partial charge on any atom is 0.167 e. The molecule has 3 aromatic rings. The van der Waals surface area contributed by atoms with Gasteiger partial charge in [0.2, 0.25) is 0 Å². The van der Waals surface area contributed by atoms with Crippen molar-refractivity contribution in [1.29, 1.82) is 0 Å². The lowest BCUT2D eigenvalue weighted by molar-refractivity contribution is 0.0993. The molecular weight excluding hydrogens is 296 g/mol. The van der Waals surface area contributed by atoms with Crippen LogP contribution in [-0.2, 0) is 6.42 Å². The van der Waals surface area contributed by atoms with Gasteiger partial charge in [0.05, 0.1) is 5.69 Å². The van der Waals surface area contributed by atoms with Gasteiger partial charge in [0.15, 0.2) is 5.78 Å². The molecule has 3 rings (SSSR count). The topological polar surface area (TPSA) is 30.0 Å². The zero-order valence-electron chi connectivity index (χ0n) is 12.2. The number of hydrogen-bond donors (Lipinski definition) is 0. The summed E-state index contributed by atoms with van der Waals surface area (Å²) in [7, 11) is 0. The van der Waals surface area contributed by atoms with E-state index in [1.807, 2.05) is 0 Å². The standard InChI is InChI=1S/C19H13F2NO/c20-15-8-6-14(7-9-15)19(23)11-13-5-10-18(22-12-13)16-3-1-2-4-17(16)21/h1-10,12H,11H2. The average molecular weight is 309 g/mol. The summed E-state index contributed by atoms with van der Waals surface area (Å²) in [6.45, 7) is 0. The largest absolute Gasteiger partial charge is 0.294 e. The quantitative estimate of drug-likeness (QED) is 0.666. The number of hydrogen-bond acceptors (Lipinski definition) is 2. The van der Waals surface area contributed by atoms with Crippen LogP contribution in [-0.4, -0.2) is 10.8 Å². The average Bonchev–Trinajstić information content (AvgIpc) is 2.57. The number of aromatic nitrogens is 1. The highest BCUT2D eigenvalue weighted by Gasteiger charge is 2.09. The minimum atomic E-state index is -0.377. The van der Waals surface area contributed by atoms with Gasteiger partial charge in [0, 0.05) is 23.7 Å². The third-order valence-corrected chi connectivity index (χ3v) is 3.51. The summed E-state index contributed by atoms with van der Waals surface area (Å²) in [5.74, 6) is -0.835. The zero-order chi connectivity index (χ0) is 16.2. The van der Waals surface area contributed by atoms with E-state index in [-0.39, 0.29) is 23.8 Å². The molecule has 0 fully saturated rings. The molecule has 0 radical (unpaired) electrons. The second-order valence-corrected chi connectivity index (χ2v) is 5.14. The van der Waals surface area contributed by atoms with Crippen molar-refractivity contribution in [2.45, 2.75) is 6.42 Å². The Kier molecular flexibility index (Phi) is 4.24. The molecule has 0 saturated heterocycles. The van der Waals surface area contributed by atoms with Crippen LogP contribution in [0.1, 0.15) is 15.9 Å². The molecule has 0 N–H and O–H groups in total. The number of carbonyl (C=O) groups excluding carboxylic acids is 1. The van der Waals surface area contributed by atoms with Gasteiger partial charge >= 0.3 is 0 Å². The fraction of sp³-hybridized carbons (Fsp3) is 0.0526. The van der Waals surface area contributed by atoms with Crippen LogP contribution in [0, 0.1) is 11.6 Å². The second kappa shape index (κ2) is 6.48. The molecule has 2 aromatic carbocycles. The van der Waals surface area contributed by atoms with Crippen LogP contribution in [0.25, 0.3) is 11.3 Å². The minimum absolute atomic E-state index is 0.120. The number of ketones is 1. The van der Waals surface area contributed by atoms with Crippen LogP contribution >= 0.6 is 0 Å². The van der Waals surface area contributed by atoms with Gasteiger partial charge in [-0.25, -0.2) is 8.78 Å². The molecule has 0 amide bonds. The van der Waals surface area contributed by atoms with Crippen LogP contribution in [0.2, 0.25) is 0 Å². The van der Waals surface area contributed by atoms with Crippen molar-refractivity contribution in [3.8, 4) is 11.3 Å². The van der Waals surface area contributed by atoms with E-state index in [1.54, 1.807) is 36.5 Å². The zero-order valence-corrected chi connectivity index (χ0v) is 12.2. The van der Waals surface area contributed by atoms with E-state index in [1.165, 1.54) is 30.3 Å². The Labute approximate surface area is 132 Å². The molecule has 1 aromatic heterocycles. The van der Waals surface area contributed by atoms with E-state index in [0.29, 0.717) is 16.8 Å². The van der Waals surface area contributed by atoms with E-state index in [9.17, 15) is 13.6 Å². The predicted molar refractivity (Wildman–Crippen MR) is 84.1 cm³/mol. The first-order valence-electron chi connectivity index (χ1n) is 7.12. The van der Waals surface area contributed by atoms with Crippen molar-refractivity contribution >= 4 is 5.78 Å². The van der Waals surface area contributed by atoms with Gasteiger partial charge in [-0.3, -0.25) is 9.78 Å². The predicted octanol–water partition coefficient (Wildman–Crippen LogP) is 4.45. The van der Waals surface area contributed by atoms with Crippen LogP contribution in [0.5, 0.6) is 0 Å². The summed E-state index contributed by atoms with van der Waals surface area (Å²) in [6, 6.07) is 15.3. The van der Waals surface area contributed by atoms with Gasteiger partial charge in [0.25, 0.3) is 0 Å². The molecule has 23 heavy (non-hydrogen) atoms. The summed E-state index contributed by atoms with van der Waals surface area (Å²) >= 11 is 0. The SMILES string of the molecule is O=C(Cc1ccc(-c2ccccc2F)nc1)c1ccc(F)cc1. The minimum Gasteiger partial charge on any atom is -0.294 e. The molecule has 2 nitrogen and oxygen atoms in total. The Hall–Kier alpha value is -2.88. The molecule has 0 aliphatic carbocycles. The molecule has 0 aliphatic heterocycles.